The van der Waals surface area contributed by atoms with Crippen LogP contribution in [0.25, 0.3) is 0 Å². The van der Waals surface area contributed by atoms with Crippen LogP contribution >= 0.6 is 15.9 Å². The standard InChI is InChI=1S/C19H15BrN4O3/c20-15-9-5-4-8-14(15)17(26)21-19-23-22-18(27-19)12-10-16(25)24(11-12)13-6-2-1-3-7-13/h1-9,12H,10-11H2,(H,21,23,26)/t12-/m1/s1. The third-order valence-corrected chi connectivity index (χ3v) is 5.01. The summed E-state index contributed by atoms with van der Waals surface area (Å²) >= 11 is 3.33. The molecule has 7 nitrogen and oxygen atoms in total. The van der Waals surface area contributed by atoms with Crippen LogP contribution in [-0.4, -0.2) is 28.6 Å². The predicted molar refractivity (Wildman–Crippen MR) is 103 cm³/mol. The Balaban J connectivity index is 1.46. The summed E-state index contributed by atoms with van der Waals surface area (Å²) in [7, 11) is 0. The summed E-state index contributed by atoms with van der Waals surface area (Å²) in [5.41, 5.74) is 1.30. The number of benzene rings is 2. The average Bonchev–Trinajstić information content (AvgIpc) is 3.29. The van der Waals surface area contributed by atoms with Crippen molar-refractivity contribution >= 4 is 39.4 Å². The molecule has 1 aliphatic rings. The number of nitrogens with zero attached hydrogens (tertiary/aromatic N) is 3. The van der Waals surface area contributed by atoms with E-state index >= 15 is 0 Å². The summed E-state index contributed by atoms with van der Waals surface area (Å²) in [6.45, 7) is 0.461. The molecule has 0 aliphatic carbocycles. The summed E-state index contributed by atoms with van der Waals surface area (Å²) in [6.07, 6.45) is 0.286. The summed E-state index contributed by atoms with van der Waals surface area (Å²) in [5.74, 6) is -0.224. The Labute approximate surface area is 163 Å². The molecule has 4 rings (SSSR count). The van der Waals surface area contributed by atoms with Gasteiger partial charge in [-0.15, -0.1) is 5.10 Å². The zero-order chi connectivity index (χ0) is 18.8. The van der Waals surface area contributed by atoms with Gasteiger partial charge >= 0.3 is 6.01 Å². The maximum absolute atomic E-state index is 12.3. The number of rotatable bonds is 4. The van der Waals surface area contributed by atoms with Gasteiger partial charge in [-0.3, -0.25) is 14.9 Å². The monoisotopic (exact) mass is 426 g/mol. The van der Waals surface area contributed by atoms with Gasteiger partial charge in [0.05, 0.1) is 11.5 Å². The molecular weight excluding hydrogens is 412 g/mol. The predicted octanol–water partition coefficient (Wildman–Crippen LogP) is 3.60. The van der Waals surface area contributed by atoms with E-state index in [-0.39, 0.29) is 30.2 Å². The van der Waals surface area contributed by atoms with E-state index in [1.165, 1.54) is 0 Å². The van der Waals surface area contributed by atoms with Crippen LogP contribution in [-0.2, 0) is 4.79 Å². The van der Waals surface area contributed by atoms with Crippen molar-refractivity contribution in [1.82, 2.24) is 10.2 Å². The van der Waals surface area contributed by atoms with Gasteiger partial charge in [-0.1, -0.05) is 35.4 Å². The van der Waals surface area contributed by atoms with Crippen LogP contribution in [0.1, 0.15) is 28.6 Å². The molecule has 2 amide bonds. The number of carbonyl (C=O) groups is 2. The third-order valence-electron chi connectivity index (χ3n) is 4.32. The first-order valence-corrected chi connectivity index (χ1v) is 9.16. The van der Waals surface area contributed by atoms with Gasteiger partial charge in [0, 0.05) is 23.1 Å². The van der Waals surface area contributed by atoms with Crippen molar-refractivity contribution in [2.45, 2.75) is 12.3 Å². The van der Waals surface area contributed by atoms with Gasteiger partial charge in [-0.05, 0) is 40.2 Å². The highest BCUT2D eigenvalue weighted by Crippen LogP contribution is 2.31. The molecule has 1 aliphatic heterocycles. The Kier molecular flexibility index (Phi) is 4.72. The highest BCUT2D eigenvalue weighted by Gasteiger charge is 2.35. The lowest BCUT2D eigenvalue weighted by Gasteiger charge is -2.15. The van der Waals surface area contributed by atoms with Gasteiger partial charge in [0.15, 0.2) is 0 Å². The number of hydrogen-bond donors (Lipinski definition) is 1. The molecule has 0 saturated carbocycles. The average molecular weight is 427 g/mol. The van der Waals surface area contributed by atoms with Crippen LogP contribution in [0.4, 0.5) is 11.7 Å². The number of amides is 2. The molecule has 8 heteroatoms. The van der Waals surface area contributed by atoms with Gasteiger partial charge in [-0.2, -0.15) is 0 Å². The fraction of sp³-hybridized carbons (Fsp3) is 0.158. The van der Waals surface area contributed by atoms with Crippen molar-refractivity contribution in [3.8, 4) is 0 Å². The molecule has 0 spiro atoms. The van der Waals surface area contributed by atoms with E-state index in [4.69, 9.17) is 4.42 Å². The minimum atomic E-state index is -0.355. The number of aromatic nitrogens is 2. The van der Waals surface area contributed by atoms with Gasteiger partial charge in [0.1, 0.15) is 0 Å². The Morgan fingerprint density at radius 2 is 1.85 bits per heavy atom. The molecule has 0 unspecified atom stereocenters. The lowest BCUT2D eigenvalue weighted by molar-refractivity contribution is -0.117. The summed E-state index contributed by atoms with van der Waals surface area (Å²) in [6, 6.07) is 16.5. The molecule has 0 bridgehead atoms. The molecule has 2 aromatic carbocycles. The van der Waals surface area contributed by atoms with Crippen molar-refractivity contribution < 1.29 is 14.0 Å². The summed E-state index contributed by atoms with van der Waals surface area (Å²) in [5, 5.41) is 10.5. The summed E-state index contributed by atoms with van der Waals surface area (Å²) < 4.78 is 6.25. The lowest BCUT2D eigenvalue weighted by Crippen LogP contribution is -2.24. The Morgan fingerprint density at radius 1 is 1.11 bits per heavy atom. The van der Waals surface area contributed by atoms with Crippen molar-refractivity contribution in [1.29, 1.82) is 0 Å². The van der Waals surface area contributed by atoms with Crippen molar-refractivity contribution in [3.05, 3.63) is 70.5 Å². The zero-order valence-corrected chi connectivity index (χ0v) is 15.7. The molecule has 1 atom stereocenters. The Morgan fingerprint density at radius 3 is 2.63 bits per heavy atom. The van der Waals surface area contributed by atoms with Crippen molar-refractivity contribution in [2.75, 3.05) is 16.8 Å². The fourth-order valence-corrected chi connectivity index (χ4v) is 3.46. The Bertz CT molecular complexity index is 989. The van der Waals surface area contributed by atoms with E-state index in [1.807, 2.05) is 36.4 Å². The van der Waals surface area contributed by atoms with Crippen LogP contribution in [0, 0.1) is 0 Å². The number of para-hydroxylation sites is 1. The molecular formula is C19H15BrN4O3. The number of nitrogens with one attached hydrogen (secondary N) is 1. The maximum atomic E-state index is 12.3. The third kappa shape index (κ3) is 3.61. The van der Waals surface area contributed by atoms with Crippen molar-refractivity contribution in [3.63, 3.8) is 0 Å². The normalized spacial score (nSPS) is 16.6. The second kappa shape index (κ2) is 7.32. The molecule has 1 N–H and O–H groups in total. The topological polar surface area (TPSA) is 88.3 Å². The first-order valence-electron chi connectivity index (χ1n) is 8.36. The maximum Gasteiger partial charge on any atom is 0.322 e. The quantitative estimate of drug-likeness (QED) is 0.688. The molecule has 2 heterocycles. The van der Waals surface area contributed by atoms with E-state index in [2.05, 4.69) is 31.4 Å². The van der Waals surface area contributed by atoms with Gasteiger partial charge < -0.3 is 9.32 Å². The Hall–Kier alpha value is -3.00. The van der Waals surface area contributed by atoms with Gasteiger partial charge in [0.2, 0.25) is 11.8 Å². The number of carbonyl (C=O) groups excluding carboxylic acids is 2. The fourth-order valence-electron chi connectivity index (χ4n) is 2.99. The molecule has 136 valence electrons. The van der Waals surface area contributed by atoms with E-state index in [1.54, 1.807) is 23.1 Å². The van der Waals surface area contributed by atoms with E-state index in [9.17, 15) is 9.59 Å². The molecule has 1 saturated heterocycles. The second-order valence-electron chi connectivity index (χ2n) is 6.12. The largest absolute Gasteiger partial charge is 0.407 e. The van der Waals surface area contributed by atoms with Crippen LogP contribution < -0.4 is 10.2 Å². The second-order valence-corrected chi connectivity index (χ2v) is 6.97. The highest BCUT2D eigenvalue weighted by molar-refractivity contribution is 9.10. The van der Waals surface area contributed by atoms with E-state index in [0.29, 0.717) is 22.5 Å². The minimum Gasteiger partial charge on any atom is -0.407 e. The van der Waals surface area contributed by atoms with E-state index in [0.717, 1.165) is 5.69 Å². The minimum absolute atomic E-state index is 0.00296. The number of halogens is 1. The molecule has 27 heavy (non-hydrogen) atoms. The number of anilines is 2. The SMILES string of the molecule is O=C(Nc1nnc([C@@H]2CC(=O)N(c3ccccc3)C2)o1)c1ccccc1Br. The van der Waals surface area contributed by atoms with Crippen LogP contribution in [0.2, 0.25) is 0 Å². The molecule has 0 radical (unpaired) electrons. The first-order chi connectivity index (χ1) is 13.1. The molecule has 1 fully saturated rings. The molecule has 1 aromatic heterocycles. The van der Waals surface area contributed by atoms with Crippen LogP contribution in [0.5, 0.6) is 0 Å². The molecule has 3 aromatic rings. The van der Waals surface area contributed by atoms with Gasteiger partial charge in [0.25, 0.3) is 5.91 Å². The highest BCUT2D eigenvalue weighted by atomic mass is 79.9. The lowest BCUT2D eigenvalue weighted by atomic mass is 10.1. The van der Waals surface area contributed by atoms with E-state index < -0.39 is 0 Å². The van der Waals surface area contributed by atoms with Crippen LogP contribution in [0.15, 0.2) is 63.5 Å². The first kappa shape index (κ1) is 17.4. The summed E-state index contributed by atoms with van der Waals surface area (Å²) in [4.78, 5) is 26.4. The zero-order valence-electron chi connectivity index (χ0n) is 14.1. The smallest absolute Gasteiger partial charge is 0.322 e. The number of hydrogen-bond acceptors (Lipinski definition) is 5. The van der Waals surface area contributed by atoms with Gasteiger partial charge in [-0.25, -0.2) is 0 Å². The van der Waals surface area contributed by atoms with Crippen molar-refractivity contribution in [2.24, 2.45) is 0 Å². The van der Waals surface area contributed by atoms with Crippen LogP contribution in [0.3, 0.4) is 0 Å².